The van der Waals surface area contributed by atoms with E-state index in [9.17, 15) is 9.59 Å². The smallest absolute Gasteiger partial charge is 0.328 e. The summed E-state index contributed by atoms with van der Waals surface area (Å²) in [6.07, 6.45) is 2.42. The average molecular weight is 221 g/mol. The number of hydrogen-bond donors (Lipinski definition) is 3. The van der Waals surface area contributed by atoms with Gasteiger partial charge in [0.15, 0.2) is 0 Å². The van der Waals surface area contributed by atoms with Gasteiger partial charge in [0.05, 0.1) is 0 Å². The third-order valence-corrected chi connectivity index (χ3v) is 1.98. The SMILES string of the molecule is N[C@H](C(=O)O)c1ccc(/C=C/C(=O)O)cc1. The maximum atomic E-state index is 10.6. The number of rotatable bonds is 4. The van der Waals surface area contributed by atoms with Crippen LogP contribution < -0.4 is 5.73 Å². The van der Waals surface area contributed by atoms with Crippen LogP contribution in [0.1, 0.15) is 17.2 Å². The first-order chi connectivity index (χ1) is 7.50. The molecule has 5 nitrogen and oxygen atoms in total. The van der Waals surface area contributed by atoms with Crippen molar-refractivity contribution in [3.05, 3.63) is 41.5 Å². The molecular weight excluding hydrogens is 210 g/mol. The van der Waals surface area contributed by atoms with E-state index < -0.39 is 18.0 Å². The van der Waals surface area contributed by atoms with Crippen molar-refractivity contribution in [3.63, 3.8) is 0 Å². The van der Waals surface area contributed by atoms with Gasteiger partial charge in [-0.3, -0.25) is 4.79 Å². The Hall–Kier alpha value is -2.14. The third kappa shape index (κ3) is 3.21. The van der Waals surface area contributed by atoms with Crippen molar-refractivity contribution in [2.45, 2.75) is 6.04 Å². The van der Waals surface area contributed by atoms with Crippen LogP contribution in [0.25, 0.3) is 6.08 Å². The van der Waals surface area contributed by atoms with Gasteiger partial charge < -0.3 is 15.9 Å². The summed E-state index contributed by atoms with van der Waals surface area (Å²) in [6, 6.07) is 5.27. The van der Waals surface area contributed by atoms with Crippen molar-refractivity contribution in [3.8, 4) is 0 Å². The number of benzene rings is 1. The van der Waals surface area contributed by atoms with Crippen molar-refractivity contribution in [2.75, 3.05) is 0 Å². The van der Waals surface area contributed by atoms with E-state index in [-0.39, 0.29) is 0 Å². The molecule has 0 heterocycles. The summed E-state index contributed by atoms with van der Waals surface area (Å²) in [6.45, 7) is 0. The van der Waals surface area contributed by atoms with E-state index in [4.69, 9.17) is 15.9 Å². The summed E-state index contributed by atoms with van der Waals surface area (Å²) < 4.78 is 0. The zero-order chi connectivity index (χ0) is 12.1. The number of hydrogen-bond acceptors (Lipinski definition) is 3. The number of carboxylic acids is 2. The van der Waals surface area contributed by atoms with E-state index in [1.165, 1.54) is 6.08 Å². The lowest BCUT2D eigenvalue weighted by Gasteiger charge is -2.06. The standard InChI is InChI=1S/C11H11NO4/c12-10(11(15)16)8-4-1-7(2-5-8)3-6-9(13)14/h1-6,10H,12H2,(H,13,14)(H,15,16)/b6-3+/t10-/m0/s1. The summed E-state index contributed by atoms with van der Waals surface area (Å²) in [5.41, 5.74) is 6.54. The second-order valence-electron chi connectivity index (χ2n) is 3.15. The summed E-state index contributed by atoms with van der Waals surface area (Å²) in [7, 11) is 0. The molecule has 1 rings (SSSR count). The quantitative estimate of drug-likeness (QED) is 0.655. The summed E-state index contributed by atoms with van der Waals surface area (Å²) in [5, 5.41) is 17.1. The number of nitrogens with two attached hydrogens (primary N) is 1. The second kappa shape index (κ2) is 5.09. The van der Waals surface area contributed by atoms with Crippen LogP contribution in [-0.4, -0.2) is 22.2 Å². The molecule has 0 saturated carbocycles. The molecule has 0 amide bonds. The molecule has 0 aliphatic carbocycles. The number of carboxylic acid groups (broad SMARTS) is 2. The van der Waals surface area contributed by atoms with Gasteiger partial charge >= 0.3 is 11.9 Å². The third-order valence-electron chi connectivity index (χ3n) is 1.98. The maximum absolute atomic E-state index is 10.6. The van der Waals surface area contributed by atoms with E-state index in [1.54, 1.807) is 24.3 Å². The predicted octanol–water partition coefficient (Wildman–Crippen LogP) is 0.869. The molecule has 4 N–H and O–H groups in total. The summed E-state index contributed by atoms with van der Waals surface area (Å²) in [5.74, 6) is -2.14. The fourth-order valence-electron chi connectivity index (χ4n) is 1.12. The fourth-order valence-corrected chi connectivity index (χ4v) is 1.12. The minimum Gasteiger partial charge on any atom is -0.480 e. The molecule has 5 heteroatoms. The highest BCUT2D eigenvalue weighted by Crippen LogP contribution is 2.12. The molecule has 0 fully saturated rings. The average Bonchev–Trinajstić information content (AvgIpc) is 2.26. The fraction of sp³-hybridized carbons (Fsp3) is 0.0909. The Bertz CT molecular complexity index is 422. The van der Waals surface area contributed by atoms with Crippen LogP contribution in [0.5, 0.6) is 0 Å². The van der Waals surface area contributed by atoms with Crippen LogP contribution in [0.3, 0.4) is 0 Å². The normalized spacial score (nSPS) is 12.6. The van der Waals surface area contributed by atoms with Crippen LogP contribution in [0, 0.1) is 0 Å². The van der Waals surface area contributed by atoms with E-state index in [1.807, 2.05) is 0 Å². The molecule has 0 saturated heterocycles. The summed E-state index contributed by atoms with van der Waals surface area (Å²) in [4.78, 5) is 20.8. The topological polar surface area (TPSA) is 101 Å². The van der Waals surface area contributed by atoms with Gasteiger partial charge in [0.25, 0.3) is 0 Å². The van der Waals surface area contributed by atoms with E-state index in [0.717, 1.165) is 6.08 Å². The van der Waals surface area contributed by atoms with Gasteiger partial charge in [0.1, 0.15) is 6.04 Å². The van der Waals surface area contributed by atoms with Crippen LogP contribution in [0.4, 0.5) is 0 Å². The molecular formula is C11H11NO4. The van der Waals surface area contributed by atoms with E-state index in [0.29, 0.717) is 11.1 Å². The van der Waals surface area contributed by atoms with Crippen molar-refractivity contribution >= 4 is 18.0 Å². The van der Waals surface area contributed by atoms with Gasteiger partial charge in [-0.25, -0.2) is 4.79 Å². The van der Waals surface area contributed by atoms with Gasteiger partial charge in [-0.1, -0.05) is 24.3 Å². The zero-order valence-corrected chi connectivity index (χ0v) is 8.33. The highest BCUT2D eigenvalue weighted by atomic mass is 16.4. The number of aliphatic carboxylic acids is 2. The van der Waals surface area contributed by atoms with Crippen molar-refractivity contribution < 1.29 is 19.8 Å². The maximum Gasteiger partial charge on any atom is 0.328 e. The Labute approximate surface area is 91.8 Å². The molecule has 1 aromatic carbocycles. The first kappa shape index (κ1) is 11.9. The van der Waals surface area contributed by atoms with E-state index in [2.05, 4.69) is 0 Å². The van der Waals surface area contributed by atoms with Crippen molar-refractivity contribution in [2.24, 2.45) is 5.73 Å². The molecule has 0 bridgehead atoms. The molecule has 1 aromatic rings. The minimum absolute atomic E-state index is 0.472. The predicted molar refractivity (Wildman–Crippen MR) is 57.7 cm³/mol. The Morgan fingerprint density at radius 2 is 1.75 bits per heavy atom. The lowest BCUT2D eigenvalue weighted by molar-refractivity contribution is -0.138. The first-order valence-electron chi connectivity index (χ1n) is 4.50. The minimum atomic E-state index is -1.10. The summed E-state index contributed by atoms with van der Waals surface area (Å²) >= 11 is 0. The Morgan fingerprint density at radius 1 is 1.19 bits per heavy atom. The Morgan fingerprint density at radius 3 is 2.19 bits per heavy atom. The first-order valence-corrected chi connectivity index (χ1v) is 4.50. The molecule has 0 unspecified atom stereocenters. The van der Waals surface area contributed by atoms with Crippen LogP contribution in [-0.2, 0) is 9.59 Å². The molecule has 84 valence electrons. The molecule has 0 radical (unpaired) electrons. The molecule has 16 heavy (non-hydrogen) atoms. The lowest BCUT2D eigenvalue weighted by atomic mass is 10.1. The second-order valence-corrected chi connectivity index (χ2v) is 3.15. The molecule has 0 spiro atoms. The highest BCUT2D eigenvalue weighted by Gasteiger charge is 2.13. The van der Waals surface area contributed by atoms with Crippen LogP contribution in [0.15, 0.2) is 30.3 Å². The Kier molecular flexibility index (Phi) is 3.79. The van der Waals surface area contributed by atoms with Gasteiger partial charge in [-0.2, -0.15) is 0 Å². The highest BCUT2D eigenvalue weighted by molar-refractivity contribution is 5.85. The van der Waals surface area contributed by atoms with Gasteiger partial charge in [0, 0.05) is 6.08 Å². The van der Waals surface area contributed by atoms with Gasteiger partial charge in [-0.15, -0.1) is 0 Å². The van der Waals surface area contributed by atoms with Gasteiger partial charge in [0.2, 0.25) is 0 Å². The van der Waals surface area contributed by atoms with Crippen LogP contribution >= 0.6 is 0 Å². The van der Waals surface area contributed by atoms with Gasteiger partial charge in [-0.05, 0) is 17.2 Å². The van der Waals surface area contributed by atoms with E-state index >= 15 is 0 Å². The Balaban J connectivity index is 2.83. The van der Waals surface area contributed by atoms with Crippen molar-refractivity contribution in [1.82, 2.24) is 0 Å². The molecule has 0 aliphatic rings. The monoisotopic (exact) mass is 221 g/mol. The lowest BCUT2D eigenvalue weighted by Crippen LogP contribution is -2.20. The van der Waals surface area contributed by atoms with Crippen molar-refractivity contribution in [1.29, 1.82) is 0 Å². The van der Waals surface area contributed by atoms with Crippen LogP contribution in [0.2, 0.25) is 0 Å². The largest absolute Gasteiger partial charge is 0.480 e. The number of carbonyl (C=O) groups is 2. The molecule has 0 aliphatic heterocycles. The molecule has 0 aromatic heterocycles. The zero-order valence-electron chi connectivity index (χ0n) is 8.33. The molecule has 1 atom stereocenters.